The minimum absolute atomic E-state index is 0.250. The molecular formula is C12H18O. The fourth-order valence-electron chi connectivity index (χ4n) is 1.60. The smallest absolute Gasteiger partial charge is 0.0471 e. The summed E-state index contributed by atoms with van der Waals surface area (Å²) in [4.78, 5) is 0. The van der Waals surface area contributed by atoms with Crippen LogP contribution < -0.4 is 0 Å². The van der Waals surface area contributed by atoms with E-state index in [4.69, 9.17) is 5.11 Å². The molecule has 0 aliphatic carbocycles. The number of rotatable bonds is 4. The molecule has 0 saturated carbocycles. The Kier molecular flexibility index (Phi) is 3.97. The third-order valence-corrected chi connectivity index (χ3v) is 2.44. The average molecular weight is 178 g/mol. The summed E-state index contributed by atoms with van der Waals surface area (Å²) >= 11 is 0. The second kappa shape index (κ2) is 5.03. The quantitative estimate of drug-likeness (QED) is 0.750. The van der Waals surface area contributed by atoms with E-state index in [9.17, 15) is 0 Å². The minimum Gasteiger partial charge on any atom is -0.396 e. The maximum atomic E-state index is 8.90. The van der Waals surface area contributed by atoms with Crippen LogP contribution in [0.25, 0.3) is 0 Å². The zero-order chi connectivity index (χ0) is 9.68. The zero-order valence-corrected chi connectivity index (χ0v) is 8.51. The molecule has 0 unspecified atom stereocenters. The van der Waals surface area contributed by atoms with Gasteiger partial charge in [0.1, 0.15) is 0 Å². The second-order valence-corrected chi connectivity index (χ2v) is 3.28. The fourth-order valence-corrected chi connectivity index (χ4v) is 1.60. The molecule has 0 bridgehead atoms. The number of aryl methyl sites for hydroxylation is 2. The van der Waals surface area contributed by atoms with Gasteiger partial charge in [-0.15, -0.1) is 0 Å². The number of aliphatic hydroxyl groups is 1. The summed E-state index contributed by atoms with van der Waals surface area (Å²) in [6, 6.07) is 6.58. The van der Waals surface area contributed by atoms with Crippen LogP contribution in [0, 0.1) is 0 Å². The molecule has 0 aromatic heterocycles. The van der Waals surface area contributed by atoms with Crippen molar-refractivity contribution in [2.45, 2.75) is 33.1 Å². The first-order chi connectivity index (χ1) is 6.31. The van der Waals surface area contributed by atoms with Gasteiger partial charge in [-0.2, -0.15) is 0 Å². The van der Waals surface area contributed by atoms with Crippen molar-refractivity contribution in [3.05, 3.63) is 34.9 Å². The molecule has 0 atom stereocenters. The average Bonchev–Trinajstić information content (AvgIpc) is 2.18. The van der Waals surface area contributed by atoms with E-state index in [1.165, 1.54) is 16.7 Å². The molecule has 1 N–H and O–H groups in total. The molecule has 0 aliphatic rings. The van der Waals surface area contributed by atoms with Crippen molar-refractivity contribution in [2.24, 2.45) is 0 Å². The zero-order valence-electron chi connectivity index (χ0n) is 8.51. The van der Waals surface area contributed by atoms with Gasteiger partial charge in [-0.3, -0.25) is 0 Å². The Hall–Kier alpha value is -0.820. The molecule has 0 spiro atoms. The Morgan fingerprint density at radius 1 is 1.08 bits per heavy atom. The molecule has 0 heterocycles. The molecule has 0 radical (unpaired) electrons. The summed E-state index contributed by atoms with van der Waals surface area (Å²) in [5.41, 5.74) is 4.04. The van der Waals surface area contributed by atoms with E-state index in [2.05, 4.69) is 32.0 Å². The highest BCUT2D eigenvalue weighted by molar-refractivity contribution is 5.32. The van der Waals surface area contributed by atoms with Gasteiger partial charge in [-0.1, -0.05) is 32.0 Å². The maximum Gasteiger partial charge on any atom is 0.0471 e. The van der Waals surface area contributed by atoms with Crippen molar-refractivity contribution < 1.29 is 5.11 Å². The van der Waals surface area contributed by atoms with E-state index >= 15 is 0 Å². The molecule has 1 heteroatoms. The van der Waals surface area contributed by atoms with Crippen LogP contribution in [0.15, 0.2) is 18.2 Å². The molecule has 0 aliphatic heterocycles. The Labute approximate surface area is 80.4 Å². The van der Waals surface area contributed by atoms with Crippen molar-refractivity contribution in [3.8, 4) is 0 Å². The molecule has 13 heavy (non-hydrogen) atoms. The highest BCUT2D eigenvalue weighted by Gasteiger charge is 2.00. The van der Waals surface area contributed by atoms with E-state index in [-0.39, 0.29) is 6.61 Å². The van der Waals surface area contributed by atoms with Crippen LogP contribution in [-0.4, -0.2) is 11.7 Å². The first-order valence-electron chi connectivity index (χ1n) is 5.03. The van der Waals surface area contributed by atoms with Gasteiger partial charge in [0, 0.05) is 6.61 Å². The summed E-state index contributed by atoms with van der Waals surface area (Å²) in [6.07, 6.45) is 2.92. The van der Waals surface area contributed by atoms with E-state index in [0.717, 1.165) is 19.3 Å². The summed E-state index contributed by atoms with van der Waals surface area (Å²) in [5.74, 6) is 0. The lowest BCUT2D eigenvalue weighted by atomic mass is 9.99. The highest BCUT2D eigenvalue weighted by atomic mass is 16.2. The Morgan fingerprint density at radius 2 is 1.85 bits per heavy atom. The van der Waals surface area contributed by atoms with Crippen molar-refractivity contribution >= 4 is 0 Å². The van der Waals surface area contributed by atoms with Crippen LogP contribution >= 0.6 is 0 Å². The van der Waals surface area contributed by atoms with Crippen LogP contribution in [0.1, 0.15) is 30.5 Å². The molecule has 1 rings (SSSR count). The molecule has 0 fully saturated rings. The van der Waals surface area contributed by atoms with Gasteiger partial charge < -0.3 is 5.11 Å². The Balaban J connectivity index is 2.95. The summed E-state index contributed by atoms with van der Waals surface area (Å²) < 4.78 is 0. The van der Waals surface area contributed by atoms with Crippen molar-refractivity contribution in [3.63, 3.8) is 0 Å². The van der Waals surface area contributed by atoms with Gasteiger partial charge >= 0.3 is 0 Å². The van der Waals surface area contributed by atoms with Gasteiger partial charge in [-0.25, -0.2) is 0 Å². The van der Waals surface area contributed by atoms with Crippen LogP contribution in [0.5, 0.6) is 0 Å². The first kappa shape index (κ1) is 10.3. The third-order valence-electron chi connectivity index (χ3n) is 2.44. The topological polar surface area (TPSA) is 20.2 Å². The predicted octanol–water partition coefficient (Wildman–Crippen LogP) is 2.35. The van der Waals surface area contributed by atoms with Gasteiger partial charge in [0.15, 0.2) is 0 Å². The van der Waals surface area contributed by atoms with Crippen molar-refractivity contribution in [2.75, 3.05) is 6.61 Å². The summed E-state index contributed by atoms with van der Waals surface area (Å²) in [5, 5.41) is 8.90. The monoisotopic (exact) mass is 178 g/mol. The van der Waals surface area contributed by atoms with E-state index in [1.54, 1.807) is 0 Å². The van der Waals surface area contributed by atoms with E-state index in [0.29, 0.717) is 0 Å². The normalized spacial score (nSPS) is 10.4. The van der Waals surface area contributed by atoms with E-state index < -0.39 is 0 Å². The minimum atomic E-state index is 0.250. The lowest BCUT2D eigenvalue weighted by molar-refractivity contribution is 0.299. The SMILES string of the molecule is CCc1ccc(CC)c(CCO)c1. The largest absolute Gasteiger partial charge is 0.396 e. The molecule has 1 nitrogen and oxygen atoms in total. The lowest BCUT2D eigenvalue weighted by Gasteiger charge is -2.08. The van der Waals surface area contributed by atoms with Gasteiger partial charge in [0.05, 0.1) is 0 Å². The summed E-state index contributed by atoms with van der Waals surface area (Å²) in [7, 11) is 0. The van der Waals surface area contributed by atoms with Gasteiger partial charge in [0.25, 0.3) is 0 Å². The van der Waals surface area contributed by atoms with Gasteiger partial charge in [-0.05, 0) is 36.0 Å². The van der Waals surface area contributed by atoms with Crippen molar-refractivity contribution in [1.82, 2.24) is 0 Å². The van der Waals surface area contributed by atoms with Crippen LogP contribution in [0.3, 0.4) is 0 Å². The number of benzene rings is 1. The number of hydrogen-bond acceptors (Lipinski definition) is 1. The van der Waals surface area contributed by atoms with E-state index in [1.807, 2.05) is 0 Å². The number of aliphatic hydroxyl groups excluding tert-OH is 1. The molecule has 1 aromatic rings. The van der Waals surface area contributed by atoms with Crippen molar-refractivity contribution in [1.29, 1.82) is 0 Å². The fraction of sp³-hybridized carbons (Fsp3) is 0.500. The van der Waals surface area contributed by atoms with Crippen LogP contribution in [-0.2, 0) is 19.3 Å². The third kappa shape index (κ3) is 2.56. The highest BCUT2D eigenvalue weighted by Crippen LogP contribution is 2.13. The maximum absolute atomic E-state index is 8.90. The standard InChI is InChI=1S/C12H18O/c1-3-10-5-6-11(4-2)12(9-10)7-8-13/h5-6,9,13H,3-4,7-8H2,1-2H3. The lowest BCUT2D eigenvalue weighted by Crippen LogP contribution is -1.98. The molecular weight excluding hydrogens is 160 g/mol. The Morgan fingerprint density at radius 3 is 2.38 bits per heavy atom. The Bertz CT molecular complexity index is 266. The first-order valence-corrected chi connectivity index (χ1v) is 5.03. The molecule has 0 amide bonds. The molecule has 72 valence electrons. The summed E-state index contributed by atoms with van der Waals surface area (Å²) in [6.45, 7) is 4.56. The molecule has 1 aromatic carbocycles. The van der Waals surface area contributed by atoms with Crippen LogP contribution in [0.4, 0.5) is 0 Å². The predicted molar refractivity (Wildman–Crippen MR) is 56.0 cm³/mol. The van der Waals surface area contributed by atoms with Crippen LogP contribution in [0.2, 0.25) is 0 Å². The molecule has 0 saturated heterocycles. The van der Waals surface area contributed by atoms with Gasteiger partial charge in [0.2, 0.25) is 0 Å². The number of hydrogen-bond donors (Lipinski definition) is 1. The second-order valence-electron chi connectivity index (χ2n) is 3.28.